The third-order valence-corrected chi connectivity index (χ3v) is 1.81. The lowest BCUT2D eigenvalue weighted by Gasteiger charge is -2.05. The number of methoxy groups -OCH3 is 1. The Morgan fingerprint density at radius 1 is 1.54 bits per heavy atom. The van der Waals surface area contributed by atoms with Gasteiger partial charge in [0.1, 0.15) is 11.8 Å². The van der Waals surface area contributed by atoms with Gasteiger partial charge in [0.05, 0.1) is 12.7 Å². The molecule has 0 aliphatic carbocycles. The summed E-state index contributed by atoms with van der Waals surface area (Å²) in [5.41, 5.74) is 2.51. The first kappa shape index (κ1) is 9.34. The summed E-state index contributed by atoms with van der Waals surface area (Å²) in [7, 11) is 1.55. The highest BCUT2D eigenvalue weighted by Gasteiger charge is 2.03. The monoisotopic (exact) mass is 173 g/mol. The highest BCUT2D eigenvalue weighted by atomic mass is 16.5. The van der Waals surface area contributed by atoms with Gasteiger partial charge in [-0.2, -0.15) is 5.26 Å². The molecule has 0 heterocycles. The van der Waals surface area contributed by atoms with Crippen LogP contribution in [0.4, 0.5) is 0 Å². The molecule has 0 radical (unpaired) electrons. The van der Waals surface area contributed by atoms with E-state index in [2.05, 4.69) is 12.6 Å². The molecule has 2 heteroatoms. The largest absolute Gasteiger partial charge is 0.495 e. The van der Waals surface area contributed by atoms with Crippen molar-refractivity contribution in [3.05, 3.63) is 35.9 Å². The Morgan fingerprint density at radius 3 is 2.69 bits per heavy atom. The van der Waals surface area contributed by atoms with Gasteiger partial charge in [-0.25, -0.2) is 0 Å². The van der Waals surface area contributed by atoms with Crippen molar-refractivity contribution in [1.29, 1.82) is 5.26 Å². The van der Waals surface area contributed by atoms with E-state index in [0.29, 0.717) is 11.3 Å². The first-order chi connectivity index (χ1) is 6.19. The molecule has 13 heavy (non-hydrogen) atoms. The molecule has 0 saturated heterocycles. The van der Waals surface area contributed by atoms with Crippen molar-refractivity contribution in [1.82, 2.24) is 0 Å². The molecule has 0 unspecified atom stereocenters. The molecule has 1 rings (SSSR count). The van der Waals surface area contributed by atoms with Crippen molar-refractivity contribution >= 4 is 5.57 Å². The third-order valence-electron chi connectivity index (χ3n) is 1.81. The van der Waals surface area contributed by atoms with Gasteiger partial charge in [-0.05, 0) is 24.6 Å². The van der Waals surface area contributed by atoms with Gasteiger partial charge in [0.15, 0.2) is 0 Å². The Balaban J connectivity index is 3.23. The fraction of sp³-hybridized carbons (Fsp3) is 0.182. The summed E-state index contributed by atoms with van der Waals surface area (Å²) < 4.78 is 5.06. The van der Waals surface area contributed by atoms with Crippen LogP contribution in [-0.4, -0.2) is 7.11 Å². The molecule has 0 bridgehead atoms. The average Bonchev–Trinajstić information content (AvgIpc) is 2.16. The van der Waals surface area contributed by atoms with E-state index in [0.717, 1.165) is 11.1 Å². The maximum absolute atomic E-state index is 8.73. The van der Waals surface area contributed by atoms with Crippen LogP contribution < -0.4 is 4.74 Å². The summed E-state index contributed by atoms with van der Waals surface area (Å²) in [6, 6.07) is 7.48. The number of nitriles is 1. The van der Waals surface area contributed by atoms with E-state index < -0.39 is 0 Å². The van der Waals surface area contributed by atoms with Crippen LogP contribution in [0.25, 0.3) is 5.57 Å². The lowest BCUT2D eigenvalue weighted by Crippen LogP contribution is -1.89. The van der Waals surface area contributed by atoms with Crippen LogP contribution in [0, 0.1) is 11.3 Å². The molecule has 1 aromatic carbocycles. The van der Waals surface area contributed by atoms with Crippen LogP contribution in [0.5, 0.6) is 5.75 Å². The SMILES string of the molecule is C=C(C)c1ccc(C#N)c(OC)c1. The molecule has 0 fully saturated rings. The average molecular weight is 173 g/mol. The smallest absolute Gasteiger partial charge is 0.137 e. The second kappa shape index (κ2) is 3.77. The number of hydrogen-bond donors (Lipinski definition) is 0. The van der Waals surface area contributed by atoms with E-state index in [1.54, 1.807) is 13.2 Å². The van der Waals surface area contributed by atoms with Gasteiger partial charge in [0.2, 0.25) is 0 Å². The van der Waals surface area contributed by atoms with E-state index in [1.165, 1.54) is 0 Å². The minimum absolute atomic E-state index is 0.549. The van der Waals surface area contributed by atoms with Crippen LogP contribution in [0.15, 0.2) is 24.8 Å². The molecule has 0 aliphatic heterocycles. The summed E-state index contributed by atoms with van der Waals surface area (Å²) in [4.78, 5) is 0. The third kappa shape index (κ3) is 1.88. The highest BCUT2D eigenvalue weighted by Crippen LogP contribution is 2.22. The quantitative estimate of drug-likeness (QED) is 0.688. The van der Waals surface area contributed by atoms with Crippen LogP contribution >= 0.6 is 0 Å². The maximum Gasteiger partial charge on any atom is 0.137 e. The van der Waals surface area contributed by atoms with E-state index >= 15 is 0 Å². The van der Waals surface area contributed by atoms with Gasteiger partial charge in [-0.15, -0.1) is 0 Å². The minimum atomic E-state index is 0.549. The lowest BCUT2D eigenvalue weighted by molar-refractivity contribution is 0.413. The van der Waals surface area contributed by atoms with Crippen molar-refractivity contribution in [3.63, 3.8) is 0 Å². The molecule has 66 valence electrons. The second-order valence-corrected chi connectivity index (χ2v) is 2.81. The van der Waals surface area contributed by atoms with Crippen molar-refractivity contribution in [2.24, 2.45) is 0 Å². The summed E-state index contributed by atoms with van der Waals surface area (Å²) >= 11 is 0. The molecule has 0 aromatic heterocycles. The normalized spacial score (nSPS) is 9.00. The fourth-order valence-corrected chi connectivity index (χ4v) is 1.05. The topological polar surface area (TPSA) is 33.0 Å². The Bertz CT molecular complexity index is 374. The number of rotatable bonds is 2. The van der Waals surface area contributed by atoms with Gasteiger partial charge in [0, 0.05) is 0 Å². The lowest BCUT2D eigenvalue weighted by atomic mass is 10.1. The Kier molecular flexibility index (Phi) is 2.71. The van der Waals surface area contributed by atoms with Gasteiger partial charge in [0.25, 0.3) is 0 Å². The highest BCUT2D eigenvalue weighted by molar-refractivity contribution is 5.64. The molecule has 0 aliphatic rings. The number of ether oxygens (including phenoxy) is 1. The van der Waals surface area contributed by atoms with E-state index in [9.17, 15) is 0 Å². The zero-order valence-corrected chi connectivity index (χ0v) is 7.79. The Labute approximate surface area is 78.1 Å². The molecule has 0 atom stereocenters. The van der Waals surface area contributed by atoms with Crippen LogP contribution in [-0.2, 0) is 0 Å². The number of benzene rings is 1. The molecule has 1 aromatic rings. The van der Waals surface area contributed by atoms with Gasteiger partial charge in [-0.3, -0.25) is 0 Å². The Hall–Kier alpha value is -1.75. The first-order valence-electron chi connectivity index (χ1n) is 3.93. The van der Waals surface area contributed by atoms with Crippen LogP contribution in [0.2, 0.25) is 0 Å². The van der Waals surface area contributed by atoms with Crippen LogP contribution in [0.3, 0.4) is 0 Å². The summed E-state index contributed by atoms with van der Waals surface area (Å²) in [5, 5.41) is 8.73. The van der Waals surface area contributed by atoms with E-state index in [1.807, 2.05) is 19.1 Å². The first-order valence-corrected chi connectivity index (χ1v) is 3.93. The summed E-state index contributed by atoms with van der Waals surface area (Å²) in [6.07, 6.45) is 0. The van der Waals surface area contributed by atoms with Gasteiger partial charge >= 0.3 is 0 Å². The van der Waals surface area contributed by atoms with Gasteiger partial charge in [-0.1, -0.05) is 18.2 Å². The molecule has 0 amide bonds. The van der Waals surface area contributed by atoms with Crippen molar-refractivity contribution in [3.8, 4) is 11.8 Å². The fourth-order valence-electron chi connectivity index (χ4n) is 1.05. The number of allylic oxidation sites excluding steroid dienone is 1. The molecule has 2 nitrogen and oxygen atoms in total. The van der Waals surface area contributed by atoms with Crippen molar-refractivity contribution < 1.29 is 4.74 Å². The van der Waals surface area contributed by atoms with E-state index in [-0.39, 0.29) is 0 Å². The molecule has 0 spiro atoms. The predicted octanol–water partition coefficient (Wildman–Crippen LogP) is 2.60. The summed E-state index contributed by atoms with van der Waals surface area (Å²) in [6.45, 7) is 5.74. The molecular formula is C11H11NO. The predicted molar refractivity (Wildman–Crippen MR) is 52.4 cm³/mol. The molecule has 0 N–H and O–H groups in total. The second-order valence-electron chi connectivity index (χ2n) is 2.81. The Morgan fingerprint density at radius 2 is 2.23 bits per heavy atom. The van der Waals surface area contributed by atoms with Crippen molar-refractivity contribution in [2.75, 3.05) is 7.11 Å². The van der Waals surface area contributed by atoms with E-state index in [4.69, 9.17) is 10.00 Å². The molecular weight excluding hydrogens is 162 g/mol. The molecule has 0 saturated carbocycles. The zero-order chi connectivity index (χ0) is 9.84. The van der Waals surface area contributed by atoms with Crippen molar-refractivity contribution in [2.45, 2.75) is 6.92 Å². The summed E-state index contributed by atoms with van der Waals surface area (Å²) in [5.74, 6) is 0.600. The number of nitrogens with zero attached hydrogens (tertiary/aromatic N) is 1. The zero-order valence-electron chi connectivity index (χ0n) is 7.79. The van der Waals surface area contributed by atoms with Gasteiger partial charge < -0.3 is 4.74 Å². The maximum atomic E-state index is 8.73. The minimum Gasteiger partial charge on any atom is -0.495 e. The standard InChI is InChI=1S/C11H11NO/c1-8(2)9-4-5-10(7-12)11(6-9)13-3/h4-6H,1H2,2-3H3. The van der Waals surface area contributed by atoms with Crippen LogP contribution in [0.1, 0.15) is 18.1 Å². The number of hydrogen-bond acceptors (Lipinski definition) is 2.